The van der Waals surface area contributed by atoms with Crippen molar-refractivity contribution in [2.45, 2.75) is 12.5 Å². The highest BCUT2D eigenvalue weighted by molar-refractivity contribution is 5.85. The van der Waals surface area contributed by atoms with E-state index < -0.39 is 5.97 Å². The second kappa shape index (κ2) is 6.48. The Morgan fingerprint density at radius 1 is 1.58 bits per heavy atom. The molecule has 0 aliphatic carbocycles. The lowest BCUT2D eigenvalue weighted by atomic mass is 10.1. The van der Waals surface area contributed by atoms with Crippen LogP contribution in [-0.2, 0) is 4.79 Å². The molecule has 0 unspecified atom stereocenters. The summed E-state index contributed by atoms with van der Waals surface area (Å²) in [5, 5.41) is 11.4. The van der Waals surface area contributed by atoms with Crippen LogP contribution in [-0.4, -0.2) is 30.2 Å². The van der Waals surface area contributed by atoms with E-state index in [1.165, 1.54) is 0 Å². The number of aliphatic carboxylic acids is 1. The standard InChI is InChI=1S/C6H12N2O2.2ClH/c7-2-4-1-5(6(9)10)8-3-4;;/h4-5,8H,1-3,7H2,(H,9,10);2*1H/t4-,5-;;/m0../s1. The van der Waals surface area contributed by atoms with Crippen LogP contribution in [0.25, 0.3) is 0 Å². The summed E-state index contributed by atoms with van der Waals surface area (Å²) in [6, 6.07) is -0.367. The van der Waals surface area contributed by atoms with E-state index >= 15 is 0 Å². The van der Waals surface area contributed by atoms with Gasteiger partial charge in [0, 0.05) is 6.54 Å². The van der Waals surface area contributed by atoms with E-state index in [2.05, 4.69) is 5.32 Å². The SMILES string of the molecule is Cl.Cl.NC[C@H]1CN[C@H](C(=O)O)C1. The molecule has 4 N–H and O–H groups in total. The van der Waals surface area contributed by atoms with Crippen LogP contribution in [0.3, 0.4) is 0 Å². The van der Waals surface area contributed by atoms with Crippen molar-refractivity contribution in [3.05, 3.63) is 0 Å². The number of nitrogens with two attached hydrogens (primary N) is 1. The quantitative estimate of drug-likeness (QED) is 0.601. The maximum atomic E-state index is 10.4. The molecule has 0 amide bonds. The molecule has 1 heterocycles. The van der Waals surface area contributed by atoms with Crippen molar-refractivity contribution >= 4 is 30.8 Å². The first-order valence-corrected chi connectivity index (χ1v) is 3.40. The summed E-state index contributed by atoms with van der Waals surface area (Å²) >= 11 is 0. The molecule has 1 fully saturated rings. The van der Waals surface area contributed by atoms with E-state index in [0.29, 0.717) is 18.9 Å². The van der Waals surface area contributed by atoms with Gasteiger partial charge in [-0.05, 0) is 18.9 Å². The summed E-state index contributed by atoms with van der Waals surface area (Å²) in [5.74, 6) is -0.419. The van der Waals surface area contributed by atoms with Gasteiger partial charge in [-0.25, -0.2) is 0 Å². The van der Waals surface area contributed by atoms with E-state index in [1.807, 2.05) is 0 Å². The van der Waals surface area contributed by atoms with Crippen LogP contribution < -0.4 is 11.1 Å². The van der Waals surface area contributed by atoms with Crippen molar-refractivity contribution in [3.63, 3.8) is 0 Å². The smallest absolute Gasteiger partial charge is 0.320 e. The van der Waals surface area contributed by atoms with Crippen LogP contribution in [0, 0.1) is 5.92 Å². The van der Waals surface area contributed by atoms with Gasteiger partial charge in [0.1, 0.15) is 6.04 Å². The number of carbonyl (C=O) groups is 1. The molecule has 74 valence electrons. The van der Waals surface area contributed by atoms with Crippen molar-refractivity contribution < 1.29 is 9.90 Å². The second-order valence-corrected chi connectivity index (χ2v) is 2.64. The molecule has 0 aromatic heterocycles. The molecule has 4 nitrogen and oxygen atoms in total. The molecule has 0 radical (unpaired) electrons. The van der Waals surface area contributed by atoms with Crippen molar-refractivity contribution in [1.82, 2.24) is 5.32 Å². The van der Waals surface area contributed by atoms with Gasteiger partial charge in [-0.15, -0.1) is 24.8 Å². The number of nitrogens with one attached hydrogen (secondary N) is 1. The van der Waals surface area contributed by atoms with Crippen LogP contribution in [0.15, 0.2) is 0 Å². The number of halogens is 2. The predicted molar refractivity (Wildman–Crippen MR) is 51.1 cm³/mol. The number of carboxylic acids is 1. The van der Waals surface area contributed by atoms with Crippen LogP contribution in [0.2, 0.25) is 0 Å². The summed E-state index contributed by atoms with van der Waals surface area (Å²) in [5.41, 5.74) is 5.36. The zero-order chi connectivity index (χ0) is 7.56. The minimum absolute atomic E-state index is 0. The van der Waals surface area contributed by atoms with Crippen LogP contribution in [0.1, 0.15) is 6.42 Å². The van der Waals surface area contributed by atoms with E-state index in [9.17, 15) is 4.79 Å². The third-order valence-corrected chi connectivity index (χ3v) is 1.85. The summed E-state index contributed by atoms with van der Waals surface area (Å²) in [4.78, 5) is 10.4. The molecule has 0 aromatic carbocycles. The van der Waals surface area contributed by atoms with E-state index in [0.717, 1.165) is 6.54 Å². The lowest BCUT2D eigenvalue weighted by Gasteiger charge is -2.02. The normalized spacial score (nSPS) is 27.1. The van der Waals surface area contributed by atoms with Gasteiger partial charge in [0.05, 0.1) is 0 Å². The van der Waals surface area contributed by atoms with Crippen molar-refractivity contribution in [3.8, 4) is 0 Å². The molecular formula is C6H14Cl2N2O2. The fourth-order valence-electron chi connectivity index (χ4n) is 1.18. The molecule has 0 aromatic rings. The van der Waals surface area contributed by atoms with E-state index in [4.69, 9.17) is 10.8 Å². The summed E-state index contributed by atoms with van der Waals surface area (Å²) in [7, 11) is 0. The molecule has 12 heavy (non-hydrogen) atoms. The molecule has 0 spiro atoms. The Balaban J connectivity index is 0. The first kappa shape index (κ1) is 14.5. The molecule has 1 rings (SSSR count). The predicted octanol–water partition coefficient (Wildman–Crippen LogP) is -0.149. The number of hydrogen-bond donors (Lipinski definition) is 3. The minimum atomic E-state index is -0.768. The van der Waals surface area contributed by atoms with Gasteiger partial charge in [0.2, 0.25) is 0 Å². The number of rotatable bonds is 2. The zero-order valence-corrected chi connectivity index (χ0v) is 8.16. The molecule has 1 aliphatic heterocycles. The Hall–Kier alpha value is -0.0300. The highest BCUT2D eigenvalue weighted by Crippen LogP contribution is 2.11. The Morgan fingerprint density at radius 3 is 2.42 bits per heavy atom. The van der Waals surface area contributed by atoms with Crippen molar-refractivity contribution in [1.29, 1.82) is 0 Å². The molecule has 1 saturated heterocycles. The van der Waals surface area contributed by atoms with Gasteiger partial charge in [0.15, 0.2) is 0 Å². The fraction of sp³-hybridized carbons (Fsp3) is 0.833. The topological polar surface area (TPSA) is 75.3 Å². The van der Waals surface area contributed by atoms with Crippen molar-refractivity contribution in [2.24, 2.45) is 11.7 Å². The van der Waals surface area contributed by atoms with E-state index in [1.54, 1.807) is 0 Å². The number of carboxylic acid groups (broad SMARTS) is 1. The maximum Gasteiger partial charge on any atom is 0.320 e. The Labute approximate surface area is 83.7 Å². The third kappa shape index (κ3) is 3.58. The summed E-state index contributed by atoms with van der Waals surface area (Å²) in [6.07, 6.45) is 0.672. The van der Waals surface area contributed by atoms with Gasteiger partial charge in [-0.2, -0.15) is 0 Å². The Morgan fingerprint density at radius 2 is 2.17 bits per heavy atom. The van der Waals surface area contributed by atoms with Gasteiger partial charge in [-0.3, -0.25) is 4.79 Å². The average Bonchev–Trinajstić information content (AvgIpc) is 2.34. The third-order valence-electron chi connectivity index (χ3n) is 1.85. The highest BCUT2D eigenvalue weighted by Gasteiger charge is 2.27. The first-order chi connectivity index (χ1) is 4.74. The highest BCUT2D eigenvalue weighted by atomic mass is 35.5. The summed E-state index contributed by atoms with van der Waals surface area (Å²) in [6.45, 7) is 1.32. The molecule has 6 heteroatoms. The molecule has 2 atom stereocenters. The fourth-order valence-corrected chi connectivity index (χ4v) is 1.18. The Kier molecular flexibility index (Phi) is 7.83. The Bertz CT molecular complexity index is 146. The molecular weight excluding hydrogens is 203 g/mol. The largest absolute Gasteiger partial charge is 0.480 e. The second-order valence-electron chi connectivity index (χ2n) is 2.64. The van der Waals surface area contributed by atoms with E-state index in [-0.39, 0.29) is 30.9 Å². The number of hydrogen-bond acceptors (Lipinski definition) is 3. The minimum Gasteiger partial charge on any atom is -0.480 e. The van der Waals surface area contributed by atoms with Gasteiger partial charge < -0.3 is 16.2 Å². The zero-order valence-electron chi connectivity index (χ0n) is 6.53. The van der Waals surface area contributed by atoms with Crippen LogP contribution in [0.5, 0.6) is 0 Å². The van der Waals surface area contributed by atoms with Crippen LogP contribution >= 0.6 is 24.8 Å². The average molecular weight is 217 g/mol. The first-order valence-electron chi connectivity index (χ1n) is 3.40. The lowest BCUT2D eigenvalue weighted by molar-refractivity contribution is -0.139. The molecule has 0 saturated carbocycles. The van der Waals surface area contributed by atoms with Gasteiger partial charge in [-0.1, -0.05) is 0 Å². The van der Waals surface area contributed by atoms with Crippen molar-refractivity contribution in [2.75, 3.05) is 13.1 Å². The summed E-state index contributed by atoms with van der Waals surface area (Å²) < 4.78 is 0. The van der Waals surface area contributed by atoms with Crippen LogP contribution in [0.4, 0.5) is 0 Å². The van der Waals surface area contributed by atoms with Gasteiger partial charge in [0.25, 0.3) is 0 Å². The maximum absolute atomic E-state index is 10.4. The van der Waals surface area contributed by atoms with Gasteiger partial charge >= 0.3 is 5.97 Å². The monoisotopic (exact) mass is 216 g/mol. The lowest BCUT2D eigenvalue weighted by Crippen LogP contribution is -2.29. The molecule has 1 aliphatic rings. The molecule has 0 bridgehead atoms.